The van der Waals surface area contributed by atoms with Gasteiger partial charge in [-0.1, -0.05) is 6.07 Å². The van der Waals surface area contributed by atoms with E-state index in [-0.39, 0.29) is 10.1 Å². The molecule has 1 unspecified atom stereocenters. The summed E-state index contributed by atoms with van der Waals surface area (Å²) >= 11 is 2.78. The summed E-state index contributed by atoms with van der Waals surface area (Å²) in [5.74, 6) is 0.658. The standard InChI is InChI=1S/C14H22N2O3S3/c1-20-11-7-12(14(17)16-8-3-2-4-9-16)15-22(18,19)13-6-5-10-21-13/h5-6,10,12,15H,2-4,7-9,11H2,1H3. The van der Waals surface area contributed by atoms with Crippen LogP contribution in [0.4, 0.5) is 0 Å². The van der Waals surface area contributed by atoms with Crippen LogP contribution in [0, 0.1) is 0 Å². The highest BCUT2D eigenvalue weighted by Crippen LogP contribution is 2.18. The molecule has 124 valence electrons. The molecule has 2 rings (SSSR count). The van der Waals surface area contributed by atoms with Crippen LogP contribution in [0.5, 0.6) is 0 Å². The van der Waals surface area contributed by atoms with E-state index in [1.54, 1.807) is 34.2 Å². The number of nitrogens with zero attached hydrogens (tertiary/aromatic N) is 1. The summed E-state index contributed by atoms with van der Waals surface area (Å²) in [6.07, 6.45) is 5.61. The van der Waals surface area contributed by atoms with Crippen molar-refractivity contribution in [2.75, 3.05) is 25.1 Å². The third-order valence-electron chi connectivity index (χ3n) is 3.63. The molecule has 0 aliphatic carbocycles. The van der Waals surface area contributed by atoms with Crippen LogP contribution in [0.2, 0.25) is 0 Å². The maximum Gasteiger partial charge on any atom is 0.250 e. The van der Waals surface area contributed by atoms with Crippen LogP contribution < -0.4 is 4.72 Å². The lowest BCUT2D eigenvalue weighted by Gasteiger charge is -2.30. The zero-order valence-corrected chi connectivity index (χ0v) is 15.1. The molecule has 8 heteroatoms. The topological polar surface area (TPSA) is 66.5 Å². The van der Waals surface area contributed by atoms with Gasteiger partial charge < -0.3 is 4.90 Å². The molecule has 0 aromatic carbocycles. The Labute approximate surface area is 140 Å². The minimum Gasteiger partial charge on any atom is -0.341 e. The van der Waals surface area contributed by atoms with Gasteiger partial charge in [0.2, 0.25) is 5.91 Å². The average Bonchev–Trinajstić information content (AvgIpc) is 3.07. The van der Waals surface area contributed by atoms with Crippen LogP contribution in [-0.2, 0) is 14.8 Å². The fourth-order valence-electron chi connectivity index (χ4n) is 2.46. The molecule has 2 heterocycles. The van der Waals surface area contributed by atoms with Crippen molar-refractivity contribution < 1.29 is 13.2 Å². The Bertz CT molecular complexity index is 566. The van der Waals surface area contributed by atoms with Gasteiger partial charge in [-0.25, -0.2) is 8.42 Å². The number of carbonyl (C=O) groups is 1. The number of sulfonamides is 1. The lowest BCUT2D eigenvalue weighted by Crippen LogP contribution is -2.50. The number of amides is 1. The molecule has 1 amide bonds. The van der Waals surface area contributed by atoms with Gasteiger partial charge in [0.05, 0.1) is 0 Å². The van der Waals surface area contributed by atoms with Crippen LogP contribution in [0.1, 0.15) is 25.7 Å². The Kier molecular flexibility index (Phi) is 6.73. The van der Waals surface area contributed by atoms with E-state index in [0.29, 0.717) is 6.42 Å². The summed E-state index contributed by atoms with van der Waals surface area (Å²) in [6.45, 7) is 1.46. The minimum absolute atomic E-state index is 0.0890. The third kappa shape index (κ3) is 4.71. The smallest absolute Gasteiger partial charge is 0.250 e. The number of hydrogen-bond donors (Lipinski definition) is 1. The first-order chi connectivity index (χ1) is 10.5. The zero-order valence-electron chi connectivity index (χ0n) is 12.7. The second kappa shape index (κ2) is 8.33. The van der Waals surface area contributed by atoms with Crippen LogP contribution in [-0.4, -0.2) is 50.4 Å². The summed E-state index contributed by atoms with van der Waals surface area (Å²) in [7, 11) is -3.62. The van der Waals surface area contributed by atoms with Gasteiger partial charge in [0.15, 0.2) is 0 Å². The number of nitrogens with one attached hydrogen (secondary N) is 1. The number of hydrogen-bond acceptors (Lipinski definition) is 5. The van der Waals surface area contributed by atoms with Gasteiger partial charge in [0.1, 0.15) is 10.3 Å². The molecule has 1 N–H and O–H groups in total. The number of thioether (sulfide) groups is 1. The molecule has 0 radical (unpaired) electrons. The molecule has 0 saturated carbocycles. The monoisotopic (exact) mass is 362 g/mol. The van der Waals surface area contributed by atoms with Crippen molar-refractivity contribution in [1.29, 1.82) is 0 Å². The maximum absolute atomic E-state index is 12.6. The number of likely N-dealkylation sites (tertiary alicyclic amines) is 1. The van der Waals surface area contributed by atoms with Crippen LogP contribution in [0.25, 0.3) is 0 Å². The van der Waals surface area contributed by atoms with Gasteiger partial charge in [-0.2, -0.15) is 16.5 Å². The summed E-state index contributed by atoms with van der Waals surface area (Å²) in [5, 5.41) is 1.72. The van der Waals surface area contributed by atoms with Crippen LogP contribution in [0.3, 0.4) is 0 Å². The van der Waals surface area contributed by atoms with E-state index in [9.17, 15) is 13.2 Å². The van der Waals surface area contributed by atoms with E-state index in [4.69, 9.17) is 0 Å². The maximum atomic E-state index is 12.6. The Morgan fingerprint density at radius 2 is 2.14 bits per heavy atom. The summed E-state index contributed by atoms with van der Waals surface area (Å²) in [4.78, 5) is 14.4. The van der Waals surface area contributed by atoms with E-state index in [1.165, 1.54) is 0 Å². The molecular weight excluding hydrogens is 340 g/mol. The Balaban J connectivity index is 2.09. The van der Waals surface area contributed by atoms with Crippen molar-refractivity contribution in [3.8, 4) is 0 Å². The minimum atomic E-state index is -3.62. The second-order valence-electron chi connectivity index (χ2n) is 5.27. The Morgan fingerprint density at radius 3 is 2.73 bits per heavy atom. The SMILES string of the molecule is CSCCC(NS(=O)(=O)c1cccs1)C(=O)N1CCCCC1. The van der Waals surface area contributed by atoms with Crippen molar-refractivity contribution >= 4 is 39.0 Å². The van der Waals surface area contributed by atoms with Gasteiger partial charge in [0.25, 0.3) is 10.0 Å². The highest BCUT2D eigenvalue weighted by Gasteiger charge is 2.29. The third-order valence-corrected chi connectivity index (χ3v) is 7.15. The summed E-state index contributed by atoms with van der Waals surface area (Å²) in [6, 6.07) is 2.59. The van der Waals surface area contributed by atoms with Crippen molar-refractivity contribution in [3.63, 3.8) is 0 Å². The lowest BCUT2D eigenvalue weighted by atomic mass is 10.1. The molecule has 5 nitrogen and oxygen atoms in total. The summed E-state index contributed by atoms with van der Waals surface area (Å²) in [5.41, 5.74) is 0. The second-order valence-corrected chi connectivity index (χ2v) is 9.15. The van der Waals surface area contributed by atoms with E-state index in [2.05, 4.69) is 4.72 Å². The predicted octanol–water partition coefficient (Wildman–Crippen LogP) is 2.16. The molecule has 1 saturated heterocycles. The van der Waals surface area contributed by atoms with Gasteiger partial charge in [-0.05, 0) is 49.1 Å². The molecule has 1 aliphatic heterocycles. The Morgan fingerprint density at radius 1 is 1.41 bits per heavy atom. The van der Waals surface area contributed by atoms with Crippen molar-refractivity contribution in [1.82, 2.24) is 9.62 Å². The molecule has 0 spiro atoms. The van der Waals surface area contributed by atoms with E-state index in [1.807, 2.05) is 6.26 Å². The molecule has 1 aliphatic rings. The first kappa shape index (κ1) is 17.8. The number of thiophene rings is 1. The van der Waals surface area contributed by atoms with E-state index >= 15 is 0 Å². The average molecular weight is 363 g/mol. The normalized spacial score (nSPS) is 17.4. The quantitative estimate of drug-likeness (QED) is 0.807. The molecule has 1 aromatic heterocycles. The zero-order chi connectivity index (χ0) is 16.0. The molecule has 0 bridgehead atoms. The number of rotatable bonds is 7. The predicted molar refractivity (Wildman–Crippen MR) is 91.9 cm³/mol. The van der Waals surface area contributed by atoms with Crippen molar-refractivity contribution in [2.45, 2.75) is 35.9 Å². The lowest BCUT2D eigenvalue weighted by molar-refractivity contribution is -0.133. The fraction of sp³-hybridized carbons (Fsp3) is 0.643. The number of carbonyl (C=O) groups excluding carboxylic acids is 1. The first-order valence-corrected chi connectivity index (χ1v) is 11.1. The highest BCUT2D eigenvalue weighted by atomic mass is 32.2. The molecule has 1 fully saturated rings. The molecule has 1 aromatic rings. The number of piperidine rings is 1. The van der Waals surface area contributed by atoms with Crippen molar-refractivity contribution in [2.24, 2.45) is 0 Å². The van der Waals surface area contributed by atoms with E-state index < -0.39 is 16.1 Å². The van der Waals surface area contributed by atoms with Gasteiger partial charge >= 0.3 is 0 Å². The Hall–Kier alpha value is -0.570. The first-order valence-electron chi connectivity index (χ1n) is 7.38. The largest absolute Gasteiger partial charge is 0.341 e. The van der Waals surface area contributed by atoms with Crippen LogP contribution in [0.15, 0.2) is 21.7 Å². The van der Waals surface area contributed by atoms with Gasteiger partial charge in [-0.15, -0.1) is 11.3 Å². The fourth-order valence-corrected chi connectivity index (χ4v) is 5.17. The van der Waals surface area contributed by atoms with Gasteiger partial charge in [-0.3, -0.25) is 4.79 Å². The van der Waals surface area contributed by atoms with Gasteiger partial charge in [0, 0.05) is 13.1 Å². The molecule has 22 heavy (non-hydrogen) atoms. The summed E-state index contributed by atoms with van der Waals surface area (Å²) < 4.78 is 27.6. The van der Waals surface area contributed by atoms with Crippen molar-refractivity contribution in [3.05, 3.63) is 17.5 Å². The molecule has 1 atom stereocenters. The van der Waals surface area contributed by atoms with E-state index in [0.717, 1.165) is 49.4 Å². The highest BCUT2D eigenvalue weighted by molar-refractivity contribution is 7.98. The molecular formula is C14H22N2O3S3. The van der Waals surface area contributed by atoms with Crippen LogP contribution >= 0.6 is 23.1 Å².